The molecule has 1 heterocycles. The second kappa shape index (κ2) is 8.06. The van der Waals surface area contributed by atoms with Crippen molar-refractivity contribution >= 4 is 11.6 Å². The molecule has 1 N–H and O–H groups in total. The molecule has 0 amide bonds. The number of hydrogen-bond acceptors (Lipinski definition) is 2. The summed E-state index contributed by atoms with van der Waals surface area (Å²) in [6.45, 7) is 12.1. The van der Waals surface area contributed by atoms with Crippen molar-refractivity contribution in [2.24, 2.45) is 0 Å². The summed E-state index contributed by atoms with van der Waals surface area (Å²) in [4.78, 5) is 0. The van der Waals surface area contributed by atoms with Gasteiger partial charge in [0.25, 0.3) is 0 Å². The van der Waals surface area contributed by atoms with Crippen LogP contribution in [-0.2, 0) is 22.2 Å². The molecular formula is C26H34ClNO. The van der Waals surface area contributed by atoms with E-state index in [0.717, 1.165) is 24.5 Å². The van der Waals surface area contributed by atoms with Gasteiger partial charge in [-0.1, -0.05) is 69.6 Å². The zero-order valence-corrected chi connectivity index (χ0v) is 19.0. The first-order valence-corrected chi connectivity index (χ1v) is 11.4. The lowest BCUT2D eigenvalue weighted by atomic mass is 9.63. The number of halogens is 1. The van der Waals surface area contributed by atoms with Gasteiger partial charge in [-0.15, -0.1) is 0 Å². The van der Waals surface area contributed by atoms with E-state index in [1.807, 2.05) is 12.1 Å². The molecule has 0 radical (unpaired) electrons. The summed E-state index contributed by atoms with van der Waals surface area (Å²) < 4.78 is 6.48. The molecule has 2 aliphatic rings. The minimum atomic E-state index is 0.186. The van der Waals surface area contributed by atoms with Crippen LogP contribution in [0.4, 0.5) is 0 Å². The molecule has 1 aliphatic carbocycles. The van der Waals surface area contributed by atoms with Crippen molar-refractivity contribution in [3.8, 4) is 0 Å². The first-order valence-electron chi connectivity index (χ1n) is 11.0. The van der Waals surface area contributed by atoms with Crippen LogP contribution in [0, 0.1) is 0 Å². The van der Waals surface area contributed by atoms with Crippen LogP contribution in [0.3, 0.4) is 0 Å². The number of rotatable bonds is 4. The van der Waals surface area contributed by atoms with Crippen molar-refractivity contribution in [1.82, 2.24) is 5.32 Å². The molecule has 29 heavy (non-hydrogen) atoms. The average Bonchev–Trinajstić information content (AvgIpc) is 2.71. The number of hydrogen-bond donors (Lipinski definition) is 1. The lowest BCUT2D eigenvalue weighted by Gasteiger charge is -2.42. The van der Waals surface area contributed by atoms with Crippen molar-refractivity contribution in [3.63, 3.8) is 0 Å². The number of nitrogens with one attached hydrogen (secondary N) is 1. The monoisotopic (exact) mass is 411 g/mol. The van der Waals surface area contributed by atoms with Gasteiger partial charge < -0.3 is 10.1 Å². The largest absolute Gasteiger partial charge is 0.372 e. The Labute approximate surface area is 181 Å². The Morgan fingerprint density at radius 3 is 2.38 bits per heavy atom. The van der Waals surface area contributed by atoms with Gasteiger partial charge in [-0.2, -0.15) is 0 Å². The van der Waals surface area contributed by atoms with Crippen LogP contribution in [0.25, 0.3) is 0 Å². The zero-order valence-electron chi connectivity index (χ0n) is 18.2. The highest BCUT2D eigenvalue weighted by Crippen LogP contribution is 2.46. The Morgan fingerprint density at radius 2 is 1.66 bits per heavy atom. The molecule has 4 rings (SSSR count). The summed E-state index contributed by atoms with van der Waals surface area (Å²) >= 11 is 6.09. The molecule has 0 aromatic heterocycles. The molecule has 2 nitrogen and oxygen atoms in total. The van der Waals surface area contributed by atoms with Gasteiger partial charge in [0, 0.05) is 17.5 Å². The Bertz CT molecular complexity index is 856. The third kappa shape index (κ3) is 4.40. The van der Waals surface area contributed by atoms with E-state index in [-0.39, 0.29) is 16.9 Å². The van der Waals surface area contributed by atoms with Gasteiger partial charge in [0.2, 0.25) is 0 Å². The van der Waals surface area contributed by atoms with E-state index in [4.69, 9.17) is 16.3 Å². The van der Waals surface area contributed by atoms with E-state index in [2.05, 4.69) is 63.3 Å². The van der Waals surface area contributed by atoms with Crippen LogP contribution < -0.4 is 5.32 Å². The lowest BCUT2D eigenvalue weighted by Crippen LogP contribution is -2.41. The van der Waals surface area contributed by atoms with Gasteiger partial charge in [-0.25, -0.2) is 0 Å². The van der Waals surface area contributed by atoms with Crippen molar-refractivity contribution in [3.05, 3.63) is 69.7 Å². The molecule has 2 aromatic carbocycles. The first kappa shape index (κ1) is 20.9. The lowest BCUT2D eigenvalue weighted by molar-refractivity contribution is 0.0105. The van der Waals surface area contributed by atoms with E-state index >= 15 is 0 Å². The number of ether oxygens (including phenoxy) is 1. The Morgan fingerprint density at radius 1 is 0.966 bits per heavy atom. The fourth-order valence-electron chi connectivity index (χ4n) is 5.03. The molecule has 0 bridgehead atoms. The van der Waals surface area contributed by atoms with Gasteiger partial charge in [0.15, 0.2) is 0 Å². The summed E-state index contributed by atoms with van der Waals surface area (Å²) in [6.07, 6.45) is 3.77. The molecule has 156 valence electrons. The van der Waals surface area contributed by atoms with Crippen molar-refractivity contribution in [2.45, 2.75) is 76.4 Å². The molecule has 1 fully saturated rings. The van der Waals surface area contributed by atoms with Crippen LogP contribution >= 0.6 is 11.6 Å². The Hall–Kier alpha value is -1.35. The molecule has 0 saturated carbocycles. The van der Waals surface area contributed by atoms with Gasteiger partial charge in [0.05, 0.1) is 12.7 Å². The van der Waals surface area contributed by atoms with Crippen LogP contribution in [0.15, 0.2) is 42.5 Å². The number of benzene rings is 2. The van der Waals surface area contributed by atoms with Crippen LogP contribution in [-0.4, -0.2) is 19.2 Å². The maximum absolute atomic E-state index is 6.48. The highest BCUT2D eigenvalue weighted by Gasteiger charge is 2.37. The third-order valence-electron chi connectivity index (χ3n) is 7.11. The summed E-state index contributed by atoms with van der Waals surface area (Å²) in [6, 6.07) is 15.3. The predicted molar refractivity (Wildman–Crippen MR) is 122 cm³/mol. The van der Waals surface area contributed by atoms with Crippen molar-refractivity contribution in [2.75, 3.05) is 13.1 Å². The second-order valence-corrected chi connectivity index (χ2v) is 10.6. The maximum atomic E-state index is 6.48. The van der Waals surface area contributed by atoms with E-state index < -0.39 is 0 Å². The van der Waals surface area contributed by atoms with Gasteiger partial charge in [0.1, 0.15) is 0 Å². The van der Waals surface area contributed by atoms with Crippen LogP contribution in [0.1, 0.15) is 75.1 Å². The topological polar surface area (TPSA) is 21.3 Å². The average molecular weight is 412 g/mol. The van der Waals surface area contributed by atoms with E-state index in [1.165, 1.54) is 35.1 Å². The standard InChI is InChI=1S/C26H34ClNO/c1-25(2)12-13-26(3,4)23-15-18(5-10-22(23)25)17-29-24-16-28-14-11-21(24)19-6-8-20(27)9-7-19/h5-10,15,21,24,28H,11-14,16-17H2,1-4H3. The number of piperidine rings is 1. The number of fused-ring (bicyclic) bond motifs is 1. The van der Waals surface area contributed by atoms with E-state index in [0.29, 0.717) is 12.5 Å². The minimum absolute atomic E-state index is 0.186. The molecular weight excluding hydrogens is 378 g/mol. The van der Waals surface area contributed by atoms with Gasteiger partial charge in [-0.05, 0) is 71.0 Å². The smallest absolute Gasteiger partial charge is 0.0772 e. The summed E-state index contributed by atoms with van der Waals surface area (Å²) in [5.41, 5.74) is 6.13. The molecule has 1 saturated heterocycles. The van der Waals surface area contributed by atoms with Gasteiger partial charge >= 0.3 is 0 Å². The minimum Gasteiger partial charge on any atom is -0.372 e. The highest BCUT2D eigenvalue weighted by molar-refractivity contribution is 6.30. The zero-order chi connectivity index (χ0) is 20.6. The predicted octanol–water partition coefficient (Wildman–Crippen LogP) is 6.35. The van der Waals surface area contributed by atoms with Crippen molar-refractivity contribution in [1.29, 1.82) is 0 Å². The van der Waals surface area contributed by atoms with Crippen molar-refractivity contribution < 1.29 is 4.74 Å². The fourth-order valence-corrected chi connectivity index (χ4v) is 5.15. The van der Waals surface area contributed by atoms with Crippen LogP contribution in [0.5, 0.6) is 0 Å². The van der Waals surface area contributed by atoms with Crippen LogP contribution in [0.2, 0.25) is 5.02 Å². The summed E-state index contributed by atoms with van der Waals surface area (Å²) in [5.74, 6) is 0.418. The molecule has 1 aliphatic heterocycles. The van der Waals surface area contributed by atoms with Gasteiger partial charge in [-0.3, -0.25) is 0 Å². The molecule has 2 unspecified atom stereocenters. The molecule has 2 atom stereocenters. The first-order chi connectivity index (χ1) is 13.8. The normalized spacial score (nSPS) is 25.4. The molecule has 2 aromatic rings. The second-order valence-electron chi connectivity index (χ2n) is 10.1. The summed E-state index contributed by atoms with van der Waals surface area (Å²) in [7, 11) is 0. The Balaban J connectivity index is 1.51. The SMILES string of the molecule is CC1(C)CCC(C)(C)c2cc(COC3CNCCC3c3ccc(Cl)cc3)ccc21. The molecule has 3 heteroatoms. The third-order valence-corrected chi connectivity index (χ3v) is 7.36. The summed E-state index contributed by atoms with van der Waals surface area (Å²) in [5, 5.41) is 4.30. The quantitative estimate of drug-likeness (QED) is 0.632. The van der Waals surface area contributed by atoms with E-state index in [1.54, 1.807) is 0 Å². The maximum Gasteiger partial charge on any atom is 0.0772 e. The molecule has 0 spiro atoms. The Kier molecular flexibility index (Phi) is 5.81. The fraction of sp³-hybridized carbons (Fsp3) is 0.538. The highest BCUT2D eigenvalue weighted by atomic mass is 35.5. The van der Waals surface area contributed by atoms with E-state index in [9.17, 15) is 0 Å².